The van der Waals surface area contributed by atoms with Crippen LogP contribution >= 0.6 is 0 Å². The number of hydrogen-bond donors (Lipinski definition) is 1. The highest BCUT2D eigenvalue weighted by Gasteiger charge is 2.18. The summed E-state index contributed by atoms with van der Waals surface area (Å²) in [4.78, 5) is 20.6. The van der Waals surface area contributed by atoms with Gasteiger partial charge in [0.15, 0.2) is 0 Å². The van der Waals surface area contributed by atoms with Gasteiger partial charge in [-0.25, -0.2) is 0 Å². The van der Waals surface area contributed by atoms with Gasteiger partial charge in [-0.05, 0) is 25.1 Å². The molecule has 0 aromatic carbocycles. The van der Waals surface area contributed by atoms with Gasteiger partial charge in [0.2, 0.25) is 5.91 Å². The van der Waals surface area contributed by atoms with Crippen molar-refractivity contribution in [2.24, 2.45) is 0 Å². The summed E-state index contributed by atoms with van der Waals surface area (Å²) in [5, 5.41) is 3.22. The molecule has 1 aliphatic heterocycles. The summed E-state index contributed by atoms with van der Waals surface area (Å²) in [6.07, 6.45) is 2.77. The first-order chi connectivity index (χ1) is 9.70. The number of likely N-dealkylation sites (N-methyl/N-ethyl adjacent to an activating group) is 1. The topological polar surface area (TPSA) is 48.5 Å². The molecule has 110 valence electrons. The molecule has 1 aliphatic rings. The Labute approximate surface area is 121 Å². The largest absolute Gasteiger partial charge is 0.339 e. The summed E-state index contributed by atoms with van der Waals surface area (Å²) in [5.41, 5.74) is 2.29. The van der Waals surface area contributed by atoms with Crippen LogP contribution in [0.4, 0.5) is 0 Å². The zero-order chi connectivity index (χ0) is 14.4. The van der Waals surface area contributed by atoms with Gasteiger partial charge in [0.25, 0.3) is 0 Å². The summed E-state index contributed by atoms with van der Waals surface area (Å²) in [7, 11) is 2.09. The van der Waals surface area contributed by atoms with E-state index < -0.39 is 0 Å². The zero-order valence-corrected chi connectivity index (χ0v) is 12.4. The normalized spacial score (nSPS) is 16.4. The van der Waals surface area contributed by atoms with Gasteiger partial charge in [-0.15, -0.1) is 0 Å². The molecule has 0 unspecified atom stereocenters. The second-order valence-corrected chi connectivity index (χ2v) is 5.25. The first-order valence-electron chi connectivity index (χ1n) is 7.30. The Bertz CT molecular complexity index is 441. The third kappa shape index (κ3) is 4.02. The van der Waals surface area contributed by atoms with Gasteiger partial charge >= 0.3 is 0 Å². The first-order valence-corrected chi connectivity index (χ1v) is 7.30. The van der Waals surface area contributed by atoms with Crippen LogP contribution in [0, 0.1) is 0 Å². The van der Waals surface area contributed by atoms with Gasteiger partial charge in [0, 0.05) is 38.9 Å². The number of rotatable bonds is 5. The van der Waals surface area contributed by atoms with Gasteiger partial charge in [0.1, 0.15) is 0 Å². The van der Waals surface area contributed by atoms with E-state index in [1.165, 1.54) is 5.56 Å². The summed E-state index contributed by atoms with van der Waals surface area (Å²) < 4.78 is 0. The molecule has 0 atom stereocenters. The van der Waals surface area contributed by atoms with Crippen molar-refractivity contribution in [1.82, 2.24) is 20.1 Å². The van der Waals surface area contributed by atoms with E-state index in [0.29, 0.717) is 13.1 Å². The summed E-state index contributed by atoms with van der Waals surface area (Å²) in [6.45, 7) is 6.77. The molecular formula is C15H24N4O. The second-order valence-electron chi connectivity index (χ2n) is 5.25. The van der Waals surface area contributed by atoms with Crippen molar-refractivity contribution >= 4 is 5.91 Å². The number of nitrogens with one attached hydrogen (secondary N) is 1. The number of pyridine rings is 1. The number of amides is 1. The van der Waals surface area contributed by atoms with E-state index in [4.69, 9.17) is 0 Å². The lowest BCUT2D eigenvalue weighted by atomic mass is 10.1. The SMILES string of the molecule is CCc1cccnc1CNCC(=O)N1CCN(C)CC1. The van der Waals surface area contributed by atoms with Crippen LogP contribution in [0.3, 0.4) is 0 Å². The second kappa shape index (κ2) is 7.36. The monoisotopic (exact) mass is 276 g/mol. The number of aromatic nitrogens is 1. The standard InChI is InChI=1S/C15H24N4O/c1-3-13-5-4-6-17-14(13)11-16-12-15(20)19-9-7-18(2)8-10-19/h4-6,16H,3,7-12H2,1-2H3. The fourth-order valence-electron chi connectivity index (χ4n) is 2.41. The van der Waals surface area contributed by atoms with Crippen LogP contribution in [0.5, 0.6) is 0 Å². The Morgan fingerprint density at radius 3 is 2.80 bits per heavy atom. The fraction of sp³-hybridized carbons (Fsp3) is 0.600. The molecule has 1 fully saturated rings. The third-order valence-electron chi connectivity index (χ3n) is 3.79. The van der Waals surface area contributed by atoms with E-state index >= 15 is 0 Å². The van der Waals surface area contributed by atoms with Gasteiger partial charge in [-0.2, -0.15) is 0 Å². The number of carbonyl (C=O) groups excluding carboxylic acids is 1. The molecule has 0 radical (unpaired) electrons. The van der Waals surface area contributed by atoms with E-state index in [1.54, 1.807) is 6.20 Å². The van der Waals surface area contributed by atoms with E-state index in [-0.39, 0.29) is 5.91 Å². The smallest absolute Gasteiger partial charge is 0.236 e. The molecule has 2 heterocycles. The molecule has 1 saturated heterocycles. The van der Waals surface area contributed by atoms with Crippen molar-refractivity contribution in [1.29, 1.82) is 0 Å². The molecule has 5 nitrogen and oxygen atoms in total. The predicted molar refractivity (Wildman–Crippen MR) is 79.4 cm³/mol. The van der Waals surface area contributed by atoms with Crippen LogP contribution in [-0.4, -0.2) is 60.5 Å². The third-order valence-corrected chi connectivity index (χ3v) is 3.79. The van der Waals surface area contributed by atoms with E-state index in [9.17, 15) is 4.79 Å². The van der Waals surface area contributed by atoms with Gasteiger partial charge in [0.05, 0.1) is 12.2 Å². The molecule has 0 bridgehead atoms. The molecule has 1 N–H and O–H groups in total. The molecule has 2 rings (SSSR count). The number of piperazine rings is 1. The summed E-state index contributed by atoms with van der Waals surface area (Å²) in [6, 6.07) is 4.05. The highest BCUT2D eigenvalue weighted by Crippen LogP contribution is 2.05. The number of nitrogens with zero attached hydrogens (tertiary/aromatic N) is 3. The summed E-state index contributed by atoms with van der Waals surface area (Å²) in [5.74, 6) is 0.187. The Kier molecular flexibility index (Phi) is 5.49. The van der Waals surface area contributed by atoms with Crippen molar-refractivity contribution < 1.29 is 4.79 Å². The molecule has 1 aromatic heterocycles. The lowest BCUT2D eigenvalue weighted by Gasteiger charge is -2.32. The van der Waals surface area contributed by atoms with Crippen molar-refractivity contribution in [3.8, 4) is 0 Å². The molecule has 20 heavy (non-hydrogen) atoms. The lowest BCUT2D eigenvalue weighted by Crippen LogP contribution is -2.49. The molecular weight excluding hydrogens is 252 g/mol. The van der Waals surface area contributed by atoms with Crippen LogP contribution in [0.25, 0.3) is 0 Å². The predicted octanol–water partition coefficient (Wildman–Crippen LogP) is 0.508. The Hall–Kier alpha value is -1.46. The quantitative estimate of drug-likeness (QED) is 0.851. The Morgan fingerprint density at radius 1 is 1.35 bits per heavy atom. The first kappa shape index (κ1) is 14.9. The minimum Gasteiger partial charge on any atom is -0.339 e. The van der Waals surface area contributed by atoms with Crippen molar-refractivity contribution in [3.63, 3.8) is 0 Å². The van der Waals surface area contributed by atoms with Crippen molar-refractivity contribution in [3.05, 3.63) is 29.6 Å². The fourth-order valence-corrected chi connectivity index (χ4v) is 2.41. The molecule has 0 saturated carbocycles. The number of carbonyl (C=O) groups is 1. The van der Waals surface area contributed by atoms with E-state index in [2.05, 4.69) is 35.2 Å². The average molecular weight is 276 g/mol. The minimum absolute atomic E-state index is 0.187. The van der Waals surface area contributed by atoms with Crippen LogP contribution in [0.2, 0.25) is 0 Å². The van der Waals surface area contributed by atoms with E-state index in [1.807, 2.05) is 11.0 Å². The van der Waals surface area contributed by atoms with Crippen LogP contribution in [-0.2, 0) is 17.8 Å². The number of hydrogen-bond acceptors (Lipinski definition) is 4. The molecule has 5 heteroatoms. The average Bonchev–Trinajstić information content (AvgIpc) is 2.48. The van der Waals surface area contributed by atoms with Gasteiger partial charge < -0.3 is 15.1 Å². The highest BCUT2D eigenvalue weighted by atomic mass is 16.2. The van der Waals surface area contributed by atoms with Gasteiger partial charge in [-0.3, -0.25) is 9.78 Å². The molecule has 0 aliphatic carbocycles. The Balaban J connectivity index is 1.76. The van der Waals surface area contributed by atoms with Crippen LogP contribution < -0.4 is 5.32 Å². The maximum absolute atomic E-state index is 12.1. The minimum atomic E-state index is 0.187. The van der Waals surface area contributed by atoms with E-state index in [0.717, 1.165) is 38.3 Å². The molecule has 1 amide bonds. The van der Waals surface area contributed by atoms with Gasteiger partial charge in [-0.1, -0.05) is 13.0 Å². The summed E-state index contributed by atoms with van der Waals surface area (Å²) >= 11 is 0. The maximum atomic E-state index is 12.1. The molecule has 0 spiro atoms. The lowest BCUT2D eigenvalue weighted by molar-refractivity contribution is -0.131. The number of aryl methyl sites for hydroxylation is 1. The zero-order valence-electron chi connectivity index (χ0n) is 12.4. The molecule has 1 aromatic rings. The Morgan fingerprint density at radius 2 is 2.10 bits per heavy atom. The van der Waals surface area contributed by atoms with Crippen molar-refractivity contribution in [2.45, 2.75) is 19.9 Å². The van der Waals surface area contributed by atoms with Crippen molar-refractivity contribution in [2.75, 3.05) is 39.8 Å². The van der Waals surface area contributed by atoms with Crippen LogP contribution in [0.15, 0.2) is 18.3 Å². The van der Waals surface area contributed by atoms with Crippen LogP contribution in [0.1, 0.15) is 18.2 Å². The maximum Gasteiger partial charge on any atom is 0.236 e. The highest BCUT2D eigenvalue weighted by molar-refractivity contribution is 5.78.